The van der Waals surface area contributed by atoms with Crippen LogP contribution in [0.3, 0.4) is 0 Å². The number of carbonyl (C=O) groups excluding carboxylic acids is 8. The molecule has 1 spiro atoms. The number of aromatic amines is 5. The lowest BCUT2D eigenvalue weighted by molar-refractivity contribution is -0.796. The van der Waals surface area contributed by atoms with Crippen molar-refractivity contribution in [2.75, 3.05) is 38.7 Å². The largest absolute Gasteiger partial charge is 0.377 e. The van der Waals surface area contributed by atoms with Crippen molar-refractivity contribution < 1.29 is 52.3 Å². The fraction of sp³-hybridized carbons (Fsp3) is 0.449. The lowest BCUT2D eigenvalue weighted by Crippen LogP contribution is -2.66. The highest BCUT2D eigenvalue weighted by molar-refractivity contribution is 7.80. The van der Waals surface area contributed by atoms with E-state index in [-0.39, 0.29) is 75.3 Å². The quantitative estimate of drug-likeness (QED) is 0.00876. The highest BCUT2D eigenvalue weighted by Crippen LogP contribution is 2.79. The number of carbonyl (C=O) groups is 8. The van der Waals surface area contributed by atoms with E-state index in [0.717, 1.165) is 11.1 Å². The number of fused-ring (bicyclic) bond motifs is 3. The first-order chi connectivity index (χ1) is 38.3. The molecule has 0 radical (unpaired) electrons. The van der Waals surface area contributed by atoms with Gasteiger partial charge in [-0.2, -0.15) is 12.6 Å². The third kappa shape index (κ3) is 12.6. The van der Waals surface area contributed by atoms with Gasteiger partial charge in [0.15, 0.2) is 17.6 Å². The number of amides is 8. The van der Waals surface area contributed by atoms with E-state index in [1.165, 1.54) is 44.0 Å². The lowest BCUT2D eigenvalue weighted by atomic mass is 10.0. The molecule has 29 nitrogen and oxygen atoms in total. The molecule has 9 atom stereocenters. The van der Waals surface area contributed by atoms with Gasteiger partial charge in [0.05, 0.1) is 91.9 Å². The lowest BCUT2D eigenvalue weighted by Gasteiger charge is -2.36. The Kier molecular flexibility index (Phi) is 17.4. The van der Waals surface area contributed by atoms with Crippen LogP contribution < -0.4 is 43.0 Å². The van der Waals surface area contributed by atoms with Crippen LogP contribution in [0.2, 0.25) is 0 Å². The molecule has 5 aromatic heterocycles. The number of primary amides is 1. The van der Waals surface area contributed by atoms with Gasteiger partial charge in [0.2, 0.25) is 35.4 Å². The molecule has 79 heavy (non-hydrogen) atoms. The van der Waals surface area contributed by atoms with Gasteiger partial charge >= 0.3 is 5.91 Å². The van der Waals surface area contributed by atoms with E-state index in [9.17, 15) is 28.8 Å². The van der Waals surface area contributed by atoms with Crippen molar-refractivity contribution >= 4 is 59.9 Å². The molecule has 3 fully saturated rings. The van der Waals surface area contributed by atoms with Gasteiger partial charge in [0.25, 0.3) is 5.91 Å². The third-order valence-corrected chi connectivity index (χ3v) is 14.6. The second kappa shape index (κ2) is 24.9. The number of nitrogens with two attached hydrogens (primary N) is 1. The number of aromatic nitrogens is 10. The summed E-state index contributed by atoms with van der Waals surface area (Å²) in [5.41, 5.74) is 8.68. The summed E-state index contributed by atoms with van der Waals surface area (Å²) in [6.07, 6.45) is 18.7. The molecular weight excluding hydrogens is 1050 g/mol. The van der Waals surface area contributed by atoms with Crippen LogP contribution in [-0.2, 0) is 79.9 Å². The fourth-order valence-electron chi connectivity index (χ4n) is 10.7. The van der Waals surface area contributed by atoms with Crippen LogP contribution in [0.5, 0.6) is 0 Å². The molecule has 4 aliphatic rings. The average Bonchev–Trinajstić information content (AvgIpc) is 1.43. The minimum atomic E-state index is -1.42. The first-order valence-corrected chi connectivity index (χ1v) is 26.2. The zero-order valence-corrected chi connectivity index (χ0v) is 43.6. The normalized spacial score (nSPS) is 21.4. The molecule has 2 saturated heterocycles. The van der Waals surface area contributed by atoms with Gasteiger partial charge in [0, 0.05) is 94.9 Å². The van der Waals surface area contributed by atoms with E-state index in [1.807, 2.05) is 6.20 Å². The van der Waals surface area contributed by atoms with Gasteiger partial charge in [0.1, 0.15) is 36.8 Å². The molecular formula is C49H62N19O10S+. The smallest absolute Gasteiger partial charge is 0.338 e. The first kappa shape index (κ1) is 55.3. The molecule has 3 aliphatic heterocycles. The molecule has 8 heterocycles. The summed E-state index contributed by atoms with van der Waals surface area (Å²) < 4.78 is 10.7. The van der Waals surface area contributed by atoms with Crippen LogP contribution in [-0.4, -0.2) is 188 Å². The summed E-state index contributed by atoms with van der Waals surface area (Å²) >= 11 is 4.05. The number of rotatable bonds is 31. The Morgan fingerprint density at radius 3 is 1.62 bits per heavy atom. The first-order valence-electron chi connectivity index (χ1n) is 25.6. The number of H-pyrrole nitrogens is 5. The van der Waals surface area contributed by atoms with Crippen LogP contribution in [0.25, 0.3) is 0 Å². The van der Waals surface area contributed by atoms with E-state index >= 15 is 9.59 Å². The molecule has 2 bridgehead atoms. The minimum absolute atomic E-state index is 0.0484. The predicted octanol–water partition coefficient (Wildman–Crippen LogP) is -3.79. The number of imidazole rings is 5. The zero-order chi connectivity index (χ0) is 55.5. The number of quaternary nitrogens is 1. The van der Waals surface area contributed by atoms with Gasteiger partial charge < -0.3 is 77.3 Å². The number of thiol groups is 1. The predicted molar refractivity (Wildman–Crippen MR) is 278 cm³/mol. The maximum Gasteiger partial charge on any atom is 0.338 e. The second-order valence-corrected chi connectivity index (χ2v) is 19.9. The Morgan fingerprint density at radius 2 is 1.13 bits per heavy atom. The molecule has 1 saturated carbocycles. The number of nitrogens with one attached hydrogen (secondary N) is 12. The van der Waals surface area contributed by atoms with Crippen molar-refractivity contribution in [3.8, 4) is 0 Å². The number of hydrogen-bond acceptors (Lipinski definition) is 17. The summed E-state index contributed by atoms with van der Waals surface area (Å²) in [5, 5.41) is 19.9. The number of ether oxygens (including phenoxy) is 2. The Labute approximate surface area is 456 Å². The second-order valence-electron chi connectivity index (χ2n) is 19.5. The Balaban J connectivity index is 0.937. The molecule has 14 N–H and O–H groups in total. The summed E-state index contributed by atoms with van der Waals surface area (Å²) in [7, 11) is 0. The summed E-state index contributed by atoms with van der Waals surface area (Å²) in [4.78, 5) is 148. The Morgan fingerprint density at radius 1 is 0.646 bits per heavy atom. The summed E-state index contributed by atoms with van der Waals surface area (Å²) in [6, 6.07) is -8.12. The fourth-order valence-corrected chi connectivity index (χ4v) is 10.9. The van der Waals surface area contributed by atoms with Crippen LogP contribution >= 0.6 is 12.6 Å². The average molecular weight is 1110 g/mol. The van der Waals surface area contributed by atoms with Crippen molar-refractivity contribution in [2.45, 2.75) is 99.2 Å². The molecule has 5 aromatic rings. The van der Waals surface area contributed by atoms with Crippen LogP contribution in [0, 0.1) is 0 Å². The van der Waals surface area contributed by atoms with Gasteiger partial charge in [-0.3, -0.25) is 33.6 Å². The topological polar surface area (TPSA) is 409 Å². The molecule has 0 aromatic carbocycles. The molecule has 418 valence electrons. The van der Waals surface area contributed by atoms with Gasteiger partial charge in [-0.25, -0.2) is 34.2 Å². The highest BCUT2D eigenvalue weighted by Gasteiger charge is 3.03. The van der Waals surface area contributed by atoms with E-state index in [1.54, 1.807) is 24.8 Å². The Hall–Kier alpha value is -8.48. The monoisotopic (exact) mass is 1110 g/mol. The Bertz CT molecular complexity index is 3010. The van der Waals surface area contributed by atoms with Crippen molar-refractivity contribution in [1.29, 1.82) is 0 Å². The van der Waals surface area contributed by atoms with Crippen LogP contribution in [0.1, 0.15) is 47.7 Å². The number of hydrogen-bond donors (Lipinski definition) is 14. The molecule has 8 amide bonds. The number of nitrogens with zero attached hydrogens (tertiary/aromatic N) is 6. The molecule has 30 heteroatoms. The van der Waals surface area contributed by atoms with Crippen LogP contribution in [0.4, 0.5) is 0 Å². The van der Waals surface area contributed by atoms with Crippen molar-refractivity contribution in [1.82, 2.24) is 87.1 Å². The standard InChI is InChI=1S/C49H61N19O10S/c50-43(71)34(8-28-15-52-22-58-28)64-44(72)35(9-29-16-53-23-59-29)65-45(73)36(10-30-17-54-24-60-30)66-46(74)37(11-31-18-55-25-61-31)67-47(75)39(12-32-19-56-26-62-32)68-42-33-20-51-14-27(13-49(33,42)68)7-38(48(68)76)63-41(70)21-78-5-4-77-3-2-57-40(69)1-6-79/h14-20,22-26,34-39,42,51H,1-13,21H2,(H13-,50,52,53,54,55,56,57,58,59,60,61,62,63,64,65,66,67,69,70,71,72,73,74,75,79)/p+1. The molecule has 9 rings (SSSR count). The van der Waals surface area contributed by atoms with E-state index in [0.29, 0.717) is 53.6 Å². The van der Waals surface area contributed by atoms with Crippen molar-refractivity contribution in [3.05, 3.63) is 115 Å². The minimum Gasteiger partial charge on any atom is -0.377 e. The van der Waals surface area contributed by atoms with Gasteiger partial charge in [-0.15, -0.1) is 0 Å². The van der Waals surface area contributed by atoms with Crippen molar-refractivity contribution in [2.24, 2.45) is 5.73 Å². The van der Waals surface area contributed by atoms with Gasteiger partial charge in [-0.05, 0) is 11.3 Å². The molecule has 9 unspecified atom stereocenters. The van der Waals surface area contributed by atoms with Crippen LogP contribution in [0.15, 0.2) is 86.2 Å². The maximum absolute atomic E-state index is 15.4. The SMILES string of the molecule is NC(=O)C(Cc1c[nH]cn1)NC(=O)C(Cc1c[nH]cn1)NC(=O)C(Cc1c[nH]cn1)NC(=O)C(Cc1c[nH]cn1)NC(=O)C(Cc1c[nH]cn1)[N+]12C(=O)C(NC(=O)COCCOCCNC(=O)CCS)CC3=CNC=C4C1C42C3. The summed E-state index contributed by atoms with van der Waals surface area (Å²) in [5.74, 6) is -4.63. The zero-order valence-electron chi connectivity index (χ0n) is 42.7. The van der Waals surface area contributed by atoms with E-state index in [4.69, 9.17) is 15.2 Å². The highest BCUT2D eigenvalue weighted by atomic mass is 32.1. The van der Waals surface area contributed by atoms with E-state index in [2.05, 4.69) is 99.7 Å². The van der Waals surface area contributed by atoms with E-state index < -0.39 is 89.2 Å². The summed E-state index contributed by atoms with van der Waals surface area (Å²) in [6.45, 7) is 0.374. The maximum atomic E-state index is 15.4. The van der Waals surface area contributed by atoms with Gasteiger partial charge in [-0.1, -0.05) is 0 Å². The van der Waals surface area contributed by atoms with Crippen molar-refractivity contribution in [3.63, 3.8) is 0 Å². The molecule has 1 aliphatic carbocycles. The third-order valence-electron chi connectivity index (χ3n) is 14.3.